The molecule has 1 fully saturated rings. The Morgan fingerprint density at radius 2 is 1.90 bits per heavy atom. The zero-order valence-electron chi connectivity index (χ0n) is 22.4. The molecule has 3 atom stereocenters. The number of ether oxygens (including phenoxy) is 1. The number of hydrogen-bond acceptors (Lipinski definition) is 5. The van der Waals surface area contributed by atoms with Gasteiger partial charge in [-0.2, -0.15) is 0 Å². The van der Waals surface area contributed by atoms with Crippen molar-refractivity contribution in [2.24, 2.45) is 5.92 Å². The minimum Gasteiger partial charge on any atom is -0.481 e. The Labute approximate surface area is 227 Å². The lowest BCUT2D eigenvalue weighted by atomic mass is 9.85. The number of carboxylic acids is 1. The van der Waals surface area contributed by atoms with Crippen molar-refractivity contribution in [3.63, 3.8) is 0 Å². The third kappa shape index (κ3) is 4.43. The number of methoxy groups -OCH3 is 1. The van der Waals surface area contributed by atoms with E-state index in [9.17, 15) is 19.5 Å². The molecule has 1 aliphatic carbocycles. The van der Waals surface area contributed by atoms with Gasteiger partial charge in [0.05, 0.1) is 42.7 Å². The normalized spacial score (nSPS) is 22.9. The summed E-state index contributed by atoms with van der Waals surface area (Å²) in [4.78, 5) is 46.5. The van der Waals surface area contributed by atoms with Crippen molar-refractivity contribution in [2.75, 3.05) is 12.0 Å². The SMILES string of the molecule is COC(=O)N1c2ccc3c(nc(CN4Cc5ccccc5CC4=O)n3[C@@H]3CCC[C@@H](C(=O)O)C3)c2CCC1C. The Balaban J connectivity index is 1.45. The monoisotopic (exact) mass is 530 g/mol. The highest BCUT2D eigenvalue weighted by Gasteiger charge is 2.35. The predicted octanol–water partition coefficient (Wildman–Crippen LogP) is 4.84. The van der Waals surface area contributed by atoms with E-state index in [2.05, 4.69) is 10.6 Å². The molecule has 0 spiro atoms. The molecule has 1 saturated carbocycles. The molecule has 6 rings (SSSR count). The molecule has 2 amide bonds. The molecule has 0 saturated heterocycles. The number of rotatable bonds is 4. The Kier molecular flexibility index (Phi) is 6.53. The highest BCUT2D eigenvalue weighted by atomic mass is 16.5. The van der Waals surface area contributed by atoms with Crippen LogP contribution in [0.4, 0.5) is 10.5 Å². The van der Waals surface area contributed by atoms with Gasteiger partial charge < -0.3 is 19.3 Å². The third-order valence-electron chi connectivity index (χ3n) is 8.77. The van der Waals surface area contributed by atoms with Gasteiger partial charge in [0.1, 0.15) is 5.82 Å². The number of aliphatic carboxylic acids is 1. The fraction of sp³-hybridized carbons (Fsp3) is 0.467. The number of benzene rings is 2. The highest BCUT2D eigenvalue weighted by Crippen LogP contribution is 2.41. The smallest absolute Gasteiger partial charge is 0.414 e. The Morgan fingerprint density at radius 3 is 2.67 bits per heavy atom. The number of nitrogens with zero attached hydrogens (tertiary/aromatic N) is 4. The zero-order chi connectivity index (χ0) is 27.3. The third-order valence-corrected chi connectivity index (χ3v) is 8.77. The van der Waals surface area contributed by atoms with E-state index in [0.717, 1.165) is 64.9 Å². The van der Waals surface area contributed by atoms with Crippen LogP contribution in [0.25, 0.3) is 11.0 Å². The molecule has 9 nitrogen and oxygen atoms in total. The van der Waals surface area contributed by atoms with Gasteiger partial charge in [0.25, 0.3) is 0 Å². The number of carbonyl (C=O) groups excluding carboxylic acids is 2. The van der Waals surface area contributed by atoms with E-state index in [1.807, 2.05) is 42.2 Å². The van der Waals surface area contributed by atoms with Gasteiger partial charge in [0.15, 0.2) is 0 Å². The first-order chi connectivity index (χ1) is 18.9. The summed E-state index contributed by atoms with van der Waals surface area (Å²) in [5.41, 5.74) is 5.77. The van der Waals surface area contributed by atoms with E-state index in [-0.39, 0.29) is 18.0 Å². The number of carbonyl (C=O) groups is 3. The van der Waals surface area contributed by atoms with Crippen LogP contribution in [-0.2, 0) is 40.3 Å². The lowest BCUT2D eigenvalue weighted by Gasteiger charge is -2.34. The van der Waals surface area contributed by atoms with E-state index in [4.69, 9.17) is 9.72 Å². The molecular formula is C30H34N4O5. The summed E-state index contributed by atoms with van der Waals surface area (Å²) in [6, 6.07) is 12.0. The molecule has 1 aromatic heterocycles. The fourth-order valence-electron chi connectivity index (χ4n) is 6.73. The van der Waals surface area contributed by atoms with Gasteiger partial charge in [-0.15, -0.1) is 0 Å². The van der Waals surface area contributed by atoms with Crippen LogP contribution in [0.1, 0.15) is 67.6 Å². The van der Waals surface area contributed by atoms with Crippen molar-refractivity contribution < 1.29 is 24.2 Å². The van der Waals surface area contributed by atoms with Crippen molar-refractivity contribution >= 4 is 34.7 Å². The summed E-state index contributed by atoms with van der Waals surface area (Å²) < 4.78 is 7.28. The average Bonchev–Trinajstić information content (AvgIpc) is 3.31. The second-order valence-corrected chi connectivity index (χ2v) is 11.1. The summed E-state index contributed by atoms with van der Waals surface area (Å²) in [6.07, 6.45) is 4.44. The number of aryl methyl sites for hydroxylation is 1. The number of aromatic nitrogens is 2. The van der Waals surface area contributed by atoms with Gasteiger partial charge in [-0.25, -0.2) is 9.78 Å². The first-order valence-corrected chi connectivity index (χ1v) is 13.8. The van der Waals surface area contributed by atoms with Gasteiger partial charge in [-0.1, -0.05) is 30.7 Å². The summed E-state index contributed by atoms with van der Waals surface area (Å²) in [5, 5.41) is 9.79. The first-order valence-electron chi connectivity index (χ1n) is 13.8. The molecule has 1 N–H and O–H groups in total. The lowest BCUT2D eigenvalue weighted by molar-refractivity contribution is -0.143. The predicted molar refractivity (Wildman–Crippen MR) is 145 cm³/mol. The van der Waals surface area contributed by atoms with Crippen LogP contribution in [0, 0.1) is 5.92 Å². The van der Waals surface area contributed by atoms with Gasteiger partial charge in [-0.05, 0) is 62.3 Å². The van der Waals surface area contributed by atoms with Gasteiger partial charge >= 0.3 is 12.1 Å². The Morgan fingerprint density at radius 1 is 1.10 bits per heavy atom. The lowest BCUT2D eigenvalue weighted by Crippen LogP contribution is -2.42. The molecular weight excluding hydrogens is 496 g/mol. The summed E-state index contributed by atoms with van der Waals surface area (Å²) >= 11 is 0. The van der Waals surface area contributed by atoms with E-state index >= 15 is 0 Å². The molecule has 39 heavy (non-hydrogen) atoms. The Hall–Kier alpha value is -3.88. The molecule has 204 valence electrons. The van der Waals surface area contributed by atoms with Crippen LogP contribution >= 0.6 is 0 Å². The molecule has 2 aliphatic heterocycles. The van der Waals surface area contributed by atoms with E-state index < -0.39 is 18.0 Å². The quantitative estimate of drug-likeness (QED) is 0.517. The second kappa shape index (κ2) is 10.0. The summed E-state index contributed by atoms with van der Waals surface area (Å²) in [7, 11) is 1.39. The topological polar surface area (TPSA) is 105 Å². The van der Waals surface area contributed by atoms with Crippen molar-refractivity contribution in [1.82, 2.24) is 14.5 Å². The largest absolute Gasteiger partial charge is 0.481 e. The van der Waals surface area contributed by atoms with Crippen LogP contribution in [-0.4, -0.2) is 50.7 Å². The average molecular weight is 531 g/mol. The van der Waals surface area contributed by atoms with Crippen molar-refractivity contribution in [1.29, 1.82) is 0 Å². The van der Waals surface area contributed by atoms with E-state index in [1.165, 1.54) is 7.11 Å². The van der Waals surface area contributed by atoms with Gasteiger partial charge in [0.2, 0.25) is 5.91 Å². The van der Waals surface area contributed by atoms with E-state index in [0.29, 0.717) is 32.4 Å². The summed E-state index contributed by atoms with van der Waals surface area (Å²) in [5.74, 6) is -0.322. The maximum atomic E-state index is 13.2. The standard InChI is InChI=1S/C30H34N4O5/c1-18-10-11-23-24(33(18)30(38)39-2)12-13-25-28(23)31-26(34(25)22-9-5-8-20(14-22)29(36)37)17-32-16-21-7-4-3-6-19(21)15-27(32)35/h3-4,6-7,12-13,18,20,22H,5,8-11,14-17H2,1-2H3,(H,36,37)/t18?,20-,22-/m1/s1. The Bertz CT molecular complexity index is 1460. The van der Waals surface area contributed by atoms with Crippen LogP contribution in [0.15, 0.2) is 36.4 Å². The molecule has 1 unspecified atom stereocenters. The summed E-state index contributed by atoms with van der Waals surface area (Å²) in [6.45, 7) is 2.89. The van der Waals surface area contributed by atoms with Crippen LogP contribution in [0.5, 0.6) is 0 Å². The first kappa shape index (κ1) is 25.4. The van der Waals surface area contributed by atoms with Crippen molar-refractivity contribution in [3.8, 4) is 0 Å². The number of anilines is 1. The number of hydrogen-bond donors (Lipinski definition) is 1. The molecule has 3 aliphatic rings. The minimum atomic E-state index is -0.756. The van der Waals surface area contributed by atoms with Crippen LogP contribution in [0.3, 0.4) is 0 Å². The molecule has 3 heterocycles. The molecule has 2 aromatic carbocycles. The molecule has 0 bridgehead atoms. The number of amides is 2. The second-order valence-electron chi connectivity index (χ2n) is 11.1. The minimum absolute atomic E-state index is 0.00432. The number of carboxylic acid groups (broad SMARTS) is 1. The van der Waals surface area contributed by atoms with E-state index in [1.54, 1.807) is 4.90 Å². The van der Waals surface area contributed by atoms with Crippen molar-refractivity contribution in [2.45, 2.75) is 77.0 Å². The molecule has 0 radical (unpaired) electrons. The highest BCUT2D eigenvalue weighted by molar-refractivity contribution is 5.95. The molecule has 3 aromatic rings. The fourth-order valence-corrected chi connectivity index (χ4v) is 6.73. The van der Waals surface area contributed by atoms with Gasteiger partial charge in [-0.3, -0.25) is 14.5 Å². The number of fused-ring (bicyclic) bond motifs is 4. The maximum absolute atomic E-state index is 13.2. The number of imidazole rings is 1. The van der Waals surface area contributed by atoms with Gasteiger partial charge in [0, 0.05) is 24.2 Å². The zero-order valence-corrected chi connectivity index (χ0v) is 22.4. The maximum Gasteiger partial charge on any atom is 0.414 e. The van der Waals surface area contributed by atoms with Crippen molar-refractivity contribution in [3.05, 3.63) is 58.9 Å². The van der Waals surface area contributed by atoms with Crippen LogP contribution in [0.2, 0.25) is 0 Å². The molecule has 9 heteroatoms. The van der Waals surface area contributed by atoms with Crippen LogP contribution < -0.4 is 4.90 Å².